The largest absolute Gasteiger partial charge is 0.310 e. The highest BCUT2D eigenvalue weighted by atomic mass is 15.2. The van der Waals surface area contributed by atoms with Crippen LogP contribution in [0.5, 0.6) is 0 Å². The minimum atomic E-state index is -0.493. The van der Waals surface area contributed by atoms with Gasteiger partial charge in [0.2, 0.25) is 0 Å². The lowest BCUT2D eigenvalue weighted by molar-refractivity contribution is 0.430. The Labute approximate surface area is 383 Å². The van der Waals surface area contributed by atoms with Crippen molar-refractivity contribution in [1.29, 1.82) is 0 Å². The Balaban J connectivity index is 0.959. The van der Waals surface area contributed by atoms with Gasteiger partial charge >= 0.3 is 0 Å². The highest BCUT2D eigenvalue weighted by Crippen LogP contribution is 2.63. The summed E-state index contributed by atoms with van der Waals surface area (Å²) in [6.07, 6.45) is 4.62. The number of nitrogens with one attached hydrogen (secondary N) is 1. The van der Waals surface area contributed by atoms with Crippen molar-refractivity contribution in [3.63, 3.8) is 0 Å². The smallest absolute Gasteiger partial charge is 0.0754 e. The first-order valence-electron chi connectivity index (χ1n) is 23.3. The predicted octanol–water partition coefficient (Wildman–Crippen LogP) is 16.1. The third kappa shape index (κ3) is 6.43. The van der Waals surface area contributed by atoms with Crippen LogP contribution >= 0.6 is 0 Å². The molecule has 3 aliphatic rings. The fraction of sp³-hybridized carbons (Fsp3) is 0.111. The van der Waals surface area contributed by atoms with Gasteiger partial charge in [-0.2, -0.15) is 0 Å². The van der Waals surface area contributed by atoms with Gasteiger partial charge in [-0.05, 0) is 127 Å². The molecule has 0 fully saturated rings. The zero-order valence-electron chi connectivity index (χ0n) is 36.6. The van der Waals surface area contributed by atoms with Crippen molar-refractivity contribution in [2.24, 2.45) is 5.92 Å². The summed E-state index contributed by atoms with van der Waals surface area (Å²) in [4.78, 5) is 2.45. The molecule has 0 aromatic heterocycles. The van der Waals surface area contributed by atoms with Crippen LogP contribution in [0.4, 0.5) is 17.1 Å². The molecule has 0 saturated carbocycles. The Morgan fingerprint density at radius 1 is 0.446 bits per heavy atom. The van der Waals surface area contributed by atoms with E-state index >= 15 is 0 Å². The molecule has 0 amide bonds. The van der Waals surface area contributed by atoms with Gasteiger partial charge in [0.25, 0.3) is 0 Å². The second-order valence-corrected chi connectivity index (χ2v) is 17.9. The lowest BCUT2D eigenvalue weighted by atomic mass is 9.64. The average Bonchev–Trinajstić information content (AvgIpc) is 3.52. The first-order valence-corrected chi connectivity index (χ1v) is 23.3. The number of hydrogen-bond acceptors (Lipinski definition) is 2. The molecule has 3 atom stereocenters. The standard InChI is InChI=1S/C63H50N2/c1-2-43-41-59(46-20-6-3-7-21-46)64-60(47-22-8-4-9-23-47)42-54(43)51-27-13-12-26-50(51)45-36-34-44(35-37-45)48-38-39-53-52-28-14-15-29-55(52)63(58(53)40-48)56-30-16-18-32-61(56)65(49-24-10-5-11-25-49)62-33-19-17-31-57(62)63/h3-40,42-43,59-60,64H,2,41H2,1H3. The molecule has 1 N–H and O–H groups in total. The van der Waals surface area contributed by atoms with Crippen molar-refractivity contribution in [3.8, 4) is 33.4 Å². The van der Waals surface area contributed by atoms with Crippen LogP contribution in [0.1, 0.15) is 70.8 Å². The first kappa shape index (κ1) is 39.1. The third-order valence-corrected chi connectivity index (χ3v) is 14.5. The molecule has 9 aromatic rings. The molecule has 1 spiro atoms. The molecule has 0 saturated heterocycles. The van der Waals surface area contributed by atoms with Gasteiger partial charge in [0.15, 0.2) is 0 Å². The van der Waals surface area contributed by atoms with Gasteiger partial charge in [0, 0.05) is 11.7 Å². The van der Waals surface area contributed by atoms with Crippen molar-refractivity contribution >= 4 is 22.6 Å². The van der Waals surface area contributed by atoms with Crippen LogP contribution in [-0.2, 0) is 5.41 Å². The molecule has 1 aliphatic carbocycles. The summed E-state index contributed by atoms with van der Waals surface area (Å²) in [5.74, 6) is 0.388. The number of hydrogen-bond donors (Lipinski definition) is 1. The van der Waals surface area contributed by atoms with E-state index in [2.05, 4.69) is 254 Å². The maximum atomic E-state index is 4.08. The lowest BCUT2D eigenvalue weighted by Gasteiger charge is -2.45. The fourth-order valence-corrected chi connectivity index (χ4v) is 11.5. The molecule has 2 heterocycles. The van der Waals surface area contributed by atoms with E-state index in [1.807, 2.05) is 0 Å². The van der Waals surface area contributed by atoms with Crippen molar-refractivity contribution < 1.29 is 0 Å². The first-order chi connectivity index (χ1) is 32.2. The lowest BCUT2D eigenvalue weighted by Crippen LogP contribution is -2.36. The minimum absolute atomic E-state index is 0.0853. The van der Waals surface area contributed by atoms with Crippen LogP contribution in [-0.4, -0.2) is 0 Å². The summed E-state index contributed by atoms with van der Waals surface area (Å²) < 4.78 is 0. The summed E-state index contributed by atoms with van der Waals surface area (Å²) in [6.45, 7) is 2.35. The van der Waals surface area contributed by atoms with Gasteiger partial charge < -0.3 is 4.90 Å². The van der Waals surface area contributed by atoms with Crippen molar-refractivity contribution in [1.82, 2.24) is 5.32 Å². The quantitative estimate of drug-likeness (QED) is 0.172. The van der Waals surface area contributed by atoms with E-state index in [0.29, 0.717) is 5.92 Å². The predicted molar refractivity (Wildman–Crippen MR) is 271 cm³/mol. The van der Waals surface area contributed by atoms with Gasteiger partial charge in [-0.15, -0.1) is 0 Å². The Kier molecular flexibility index (Phi) is 9.77. The summed E-state index contributed by atoms with van der Waals surface area (Å²) in [5, 5.41) is 4.08. The van der Waals surface area contributed by atoms with Gasteiger partial charge in [-0.25, -0.2) is 0 Å². The van der Waals surface area contributed by atoms with Gasteiger partial charge in [0.1, 0.15) is 0 Å². The number of benzene rings is 9. The number of nitrogens with zero attached hydrogens (tertiary/aromatic N) is 1. The number of allylic oxidation sites excluding steroid dienone is 1. The summed E-state index contributed by atoms with van der Waals surface area (Å²) in [6, 6.07) is 85.9. The second kappa shape index (κ2) is 16.2. The third-order valence-electron chi connectivity index (χ3n) is 14.5. The van der Waals surface area contributed by atoms with Gasteiger partial charge in [-0.3, -0.25) is 5.32 Å². The molecule has 2 aliphatic heterocycles. The Morgan fingerprint density at radius 3 is 1.62 bits per heavy atom. The zero-order chi connectivity index (χ0) is 43.3. The van der Waals surface area contributed by atoms with Crippen molar-refractivity contribution in [2.45, 2.75) is 37.3 Å². The molecule has 2 nitrogen and oxygen atoms in total. The van der Waals surface area contributed by atoms with E-state index in [1.54, 1.807) is 0 Å². The summed E-state index contributed by atoms with van der Waals surface area (Å²) in [5.41, 5.74) is 21.3. The van der Waals surface area contributed by atoms with E-state index in [9.17, 15) is 0 Å². The SMILES string of the molecule is CCC1CC(c2ccccc2)NC(c2ccccc2)C=C1c1ccccc1-c1ccc(-c2ccc3c(c2)C2(c4ccccc4-3)c3ccccc3N(c3ccccc3)c3ccccc32)cc1. The monoisotopic (exact) mass is 834 g/mol. The van der Waals surface area contributed by atoms with Crippen molar-refractivity contribution in [3.05, 3.63) is 276 Å². The highest BCUT2D eigenvalue weighted by Gasteiger charge is 2.51. The van der Waals surface area contributed by atoms with E-state index in [-0.39, 0.29) is 12.1 Å². The zero-order valence-corrected chi connectivity index (χ0v) is 36.6. The number of para-hydroxylation sites is 3. The van der Waals surface area contributed by atoms with Crippen LogP contribution in [0.3, 0.4) is 0 Å². The van der Waals surface area contributed by atoms with Crippen LogP contribution in [0.2, 0.25) is 0 Å². The topological polar surface area (TPSA) is 15.3 Å². The fourth-order valence-electron chi connectivity index (χ4n) is 11.5. The van der Waals surface area contributed by atoms with Crippen LogP contribution in [0, 0.1) is 5.92 Å². The van der Waals surface area contributed by atoms with E-state index in [4.69, 9.17) is 0 Å². The van der Waals surface area contributed by atoms with Gasteiger partial charge in [-0.1, -0.05) is 213 Å². The Morgan fingerprint density at radius 2 is 0.954 bits per heavy atom. The normalized spacial score (nSPS) is 17.9. The number of anilines is 3. The molecule has 0 radical (unpaired) electrons. The maximum Gasteiger partial charge on any atom is 0.0754 e. The number of fused-ring (bicyclic) bond motifs is 9. The molecule has 2 heteroatoms. The Bertz CT molecular complexity index is 3160. The molecular formula is C63H50N2. The summed E-state index contributed by atoms with van der Waals surface area (Å²) in [7, 11) is 0. The van der Waals surface area contributed by atoms with Crippen molar-refractivity contribution in [2.75, 3.05) is 4.90 Å². The molecule has 12 rings (SSSR count). The van der Waals surface area contributed by atoms with Gasteiger partial charge in [0.05, 0.1) is 22.8 Å². The van der Waals surface area contributed by atoms with Crippen LogP contribution in [0.25, 0.3) is 39.0 Å². The molecule has 3 unspecified atom stereocenters. The van der Waals surface area contributed by atoms with Crippen LogP contribution in [0.15, 0.2) is 237 Å². The molecule has 0 bridgehead atoms. The average molecular weight is 835 g/mol. The van der Waals surface area contributed by atoms with E-state index < -0.39 is 5.41 Å². The minimum Gasteiger partial charge on any atom is -0.310 e. The summed E-state index contributed by atoms with van der Waals surface area (Å²) >= 11 is 0. The maximum absolute atomic E-state index is 4.08. The van der Waals surface area contributed by atoms with E-state index in [0.717, 1.165) is 18.5 Å². The van der Waals surface area contributed by atoms with Crippen LogP contribution < -0.4 is 10.2 Å². The second-order valence-electron chi connectivity index (χ2n) is 17.9. The molecule has 65 heavy (non-hydrogen) atoms. The van der Waals surface area contributed by atoms with E-state index in [1.165, 1.54) is 89.3 Å². The highest BCUT2D eigenvalue weighted by molar-refractivity contribution is 5.96. The Hall–Kier alpha value is -7.52. The molecule has 312 valence electrons. The molecule has 9 aromatic carbocycles. The molecular weight excluding hydrogens is 785 g/mol. The number of rotatable bonds is 7.